The molecule has 21 heavy (non-hydrogen) atoms. The van der Waals surface area contributed by atoms with Crippen LogP contribution in [0.25, 0.3) is 0 Å². The summed E-state index contributed by atoms with van der Waals surface area (Å²) in [5.41, 5.74) is 1.97. The van der Waals surface area contributed by atoms with Crippen molar-refractivity contribution in [1.82, 2.24) is 4.90 Å². The normalized spacial score (nSPS) is 17.7. The van der Waals surface area contributed by atoms with E-state index in [2.05, 4.69) is 0 Å². The molecule has 0 N–H and O–H groups in total. The van der Waals surface area contributed by atoms with Crippen molar-refractivity contribution in [3.05, 3.63) is 29.8 Å². The van der Waals surface area contributed by atoms with Crippen LogP contribution >= 0.6 is 0 Å². The van der Waals surface area contributed by atoms with Crippen molar-refractivity contribution >= 4 is 17.5 Å². The Morgan fingerprint density at radius 1 is 1.43 bits per heavy atom. The molecule has 110 valence electrons. The first kappa shape index (κ1) is 15.0. The van der Waals surface area contributed by atoms with Crippen LogP contribution in [0.2, 0.25) is 0 Å². The van der Waals surface area contributed by atoms with Gasteiger partial charge in [-0.2, -0.15) is 5.26 Å². The van der Waals surface area contributed by atoms with Crippen LogP contribution < -0.4 is 4.90 Å². The fourth-order valence-electron chi connectivity index (χ4n) is 2.49. The van der Waals surface area contributed by atoms with Gasteiger partial charge in [-0.15, -0.1) is 0 Å². The number of carbonyl (C=O) groups is 2. The highest BCUT2D eigenvalue weighted by Crippen LogP contribution is 2.26. The number of nitriles is 1. The molecule has 0 aliphatic carbocycles. The number of hydrogen-bond donors (Lipinski definition) is 0. The Labute approximate surface area is 124 Å². The van der Waals surface area contributed by atoms with Gasteiger partial charge in [0.15, 0.2) is 0 Å². The van der Waals surface area contributed by atoms with E-state index in [1.54, 1.807) is 16.8 Å². The van der Waals surface area contributed by atoms with Crippen LogP contribution in [0.15, 0.2) is 24.3 Å². The summed E-state index contributed by atoms with van der Waals surface area (Å²) in [5.74, 6) is -0.401. The van der Waals surface area contributed by atoms with Crippen molar-refractivity contribution in [2.45, 2.75) is 19.8 Å². The fourth-order valence-corrected chi connectivity index (χ4v) is 2.49. The number of nitrogens with zero attached hydrogens (tertiary/aromatic N) is 3. The second-order valence-corrected chi connectivity index (χ2v) is 5.41. The lowest BCUT2D eigenvalue weighted by atomic mass is 10.1. The summed E-state index contributed by atoms with van der Waals surface area (Å²) in [6.45, 7) is 2.81. The Morgan fingerprint density at radius 2 is 2.10 bits per heavy atom. The number of aryl methyl sites for hydroxylation is 1. The summed E-state index contributed by atoms with van der Waals surface area (Å²) >= 11 is 0. The molecule has 0 saturated carbocycles. The molecule has 5 heteroatoms. The van der Waals surface area contributed by atoms with Crippen LogP contribution in [-0.2, 0) is 9.59 Å². The van der Waals surface area contributed by atoms with Gasteiger partial charge in [-0.3, -0.25) is 9.59 Å². The smallest absolute Gasteiger partial charge is 0.227 e. The van der Waals surface area contributed by atoms with Crippen molar-refractivity contribution in [2.24, 2.45) is 5.92 Å². The second-order valence-electron chi connectivity index (χ2n) is 5.41. The van der Waals surface area contributed by atoms with Gasteiger partial charge in [0.25, 0.3) is 0 Å². The number of benzene rings is 1. The Balaban J connectivity index is 2.04. The van der Waals surface area contributed by atoms with Crippen LogP contribution in [0.4, 0.5) is 5.69 Å². The molecule has 1 unspecified atom stereocenters. The molecule has 1 aromatic rings. The predicted molar refractivity (Wildman–Crippen MR) is 79.5 cm³/mol. The molecular weight excluding hydrogens is 266 g/mol. The Kier molecular flexibility index (Phi) is 4.59. The molecule has 0 bridgehead atoms. The topological polar surface area (TPSA) is 64.4 Å². The molecule has 0 aromatic heterocycles. The average Bonchev–Trinajstić information content (AvgIpc) is 2.86. The van der Waals surface area contributed by atoms with Gasteiger partial charge in [0, 0.05) is 32.2 Å². The Bertz CT molecular complexity index is 574. The van der Waals surface area contributed by atoms with Gasteiger partial charge in [-0.25, -0.2) is 0 Å². The summed E-state index contributed by atoms with van der Waals surface area (Å²) in [6.07, 6.45) is 0.550. The van der Waals surface area contributed by atoms with Crippen LogP contribution in [0, 0.1) is 24.2 Å². The lowest BCUT2D eigenvalue weighted by molar-refractivity contribution is -0.134. The van der Waals surface area contributed by atoms with Crippen LogP contribution in [0.3, 0.4) is 0 Å². The number of rotatable bonds is 4. The van der Waals surface area contributed by atoms with Gasteiger partial charge in [-0.05, 0) is 19.1 Å². The fraction of sp³-hybridized carbons (Fsp3) is 0.438. The maximum Gasteiger partial charge on any atom is 0.227 e. The third-order valence-corrected chi connectivity index (χ3v) is 3.76. The molecule has 5 nitrogen and oxygen atoms in total. The number of carbonyl (C=O) groups excluding carboxylic acids is 2. The molecule has 1 atom stereocenters. The number of hydrogen-bond acceptors (Lipinski definition) is 3. The minimum Gasteiger partial charge on any atom is -0.344 e. The summed E-state index contributed by atoms with van der Waals surface area (Å²) in [6, 6.07) is 9.74. The lowest BCUT2D eigenvalue weighted by Crippen LogP contribution is -2.35. The lowest BCUT2D eigenvalue weighted by Gasteiger charge is -2.20. The maximum absolute atomic E-state index is 12.3. The molecule has 1 fully saturated rings. The van der Waals surface area contributed by atoms with E-state index in [-0.39, 0.29) is 24.2 Å². The minimum absolute atomic E-state index is 0.0223. The SMILES string of the molecule is Cc1ccc(N2CC(C(=O)N(C)CCC#N)CC2=O)cc1. The predicted octanol–water partition coefficient (Wildman–Crippen LogP) is 1.72. The van der Waals surface area contributed by atoms with Gasteiger partial charge in [-0.1, -0.05) is 17.7 Å². The van der Waals surface area contributed by atoms with Crippen molar-refractivity contribution < 1.29 is 9.59 Å². The summed E-state index contributed by atoms with van der Waals surface area (Å²) < 4.78 is 0. The third-order valence-electron chi connectivity index (χ3n) is 3.76. The van der Waals surface area contributed by atoms with Crippen LogP contribution in [0.1, 0.15) is 18.4 Å². The molecule has 0 radical (unpaired) electrons. The van der Waals surface area contributed by atoms with Gasteiger partial charge in [0.05, 0.1) is 18.4 Å². The second kappa shape index (κ2) is 6.40. The zero-order valence-electron chi connectivity index (χ0n) is 12.4. The van der Waals surface area contributed by atoms with E-state index in [1.807, 2.05) is 37.3 Å². The van der Waals surface area contributed by atoms with Crippen molar-refractivity contribution in [2.75, 3.05) is 25.0 Å². The summed E-state index contributed by atoms with van der Waals surface area (Å²) in [7, 11) is 1.68. The van der Waals surface area contributed by atoms with E-state index in [9.17, 15) is 9.59 Å². The highest BCUT2D eigenvalue weighted by Gasteiger charge is 2.36. The standard InChI is InChI=1S/C16H19N3O2/c1-12-4-6-14(7-5-12)19-11-13(10-15(19)20)16(21)18(2)9-3-8-17/h4-7,13H,3,9-11H2,1-2H3. The van der Waals surface area contributed by atoms with Crippen molar-refractivity contribution in [3.8, 4) is 6.07 Å². The first-order valence-electron chi connectivity index (χ1n) is 7.02. The summed E-state index contributed by atoms with van der Waals surface area (Å²) in [4.78, 5) is 27.6. The third kappa shape index (κ3) is 3.40. The quantitative estimate of drug-likeness (QED) is 0.846. The largest absolute Gasteiger partial charge is 0.344 e. The van der Waals surface area contributed by atoms with Gasteiger partial charge in [0.1, 0.15) is 0 Å². The highest BCUT2D eigenvalue weighted by molar-refractivity contribution is 6.00. The monoisotopic (exact) mass is 285 g/mol. The van der Waals surface area contributed by atoms with E-state index < -0.39 is 0 Å². The van der Waals surface area contributed by atoms with E-state index in [0.717, 1.165) is 11.3 Å². The van der Waals surface area contributed by atoms with E-state index in [1.165, 1.54) is 0 Å². The van der Waals surface area contributed by atoms with Gasteiger partial charge < -0.3 is 9.80 Å². The molecule has 1 saturated heterocycles. The first-order chi connectivity index (χ1) is 10.0. The summed E-state index contributed by atoms with van der Waals surface area (Å²) in [5, 5.41) is 8.57. The van der Waals surface area contributed by atoms with E-state index in [4.69, 9.17) is 5.26 Å². The van der Waals surface area contributed by atoms with Crippen molar-refractivity contribution in [3.63, 3.8) is 0 Å². The minimum atomic E-state index is -0.317. The highest BCUT2D eigenvalue weighted by atomic mass is 16.2. The maximum atomic E-state index is 12.3. The van der Waals surface area contributed by atoms with E-state index >= 15 is 0 Å². The van der Waals surface area contributed by atoms with Gasteiger partial charge >= 0.3 is 0 Å². The zero-order valence-corrected chi connectivity index (χ0v) is 12.4. The number of amides is 2. The molecular formula is C16H19N3O2. The van der Waals surface area contributed by atoms with Crippen LogP contribution in [0.5, 0.6) is 0 Å². The average molecular weight is 285 g/mol. The first-order valence-corrected chi connectivity index (χ1v) is 7.02. The molecule has 2 rings (SSSR count). The Morgan fingerprint density at radius 3 is 2.71 bits per heavy atom. The van der Waals surface area contributed by atoms with Crippen molar-refractivity contribution in [1.29, 1.82) is 5.26 Å². The van der Waals surface area contributed by atoms with E-state index in [0.29, 0.717) is 19.5 Å². The number of anilines is 1. The molecule has 1 aliphatic heterocycles. The van der Waals surface area contributed by atoms with Gasteiger partial charge in [0.2, 0.25) is 11.8 Å². The van der Waals surface area contributed by atoms with Crippen LogP contribution in [-0.4, -0.2) is 36.9 Å². The zero-order chi connectivity index (χ0) is 15.4. The molecule has 1 aliphatic rings. The molecule has 0 spiro atoms. The molecule has 1 heterocycles. The molecule has 1 aromatic carbocycles. The Hall–Kier alpha value is -2.35. The molecule has 2 amide bonds.